The molecule has 0 radical (unpaired) electrons. The highest BCUT2D eigenvalue weighted by Gasteiger charge is 2.22. The van der Waals surface area contributed by atoms with Gasteiger partial charge in [-0.2, -0.15) is 0 Å². The molecule has 104 valence electrons. The average Bonchev–Trinajstić information content (AvgIpc) is 2.87. The van der Waals surface area contributed by atoms with Crippen molar-refractivity contribution in [2.24, 2.45) is 0 Å². The zero-order valence-corrected chi connectivity index (χ0v) is 12.3. The first kappa shape index (κ1) is 13.7. The van der Waals surface area contributed by atoms with Crippen LogP contribution >= 0.6 is 11.8 Å². The fourth-order valence-corrected chi connectivity index (χ4v) is 3.83. The molecule has 0 saturated carbocycles. The molecule has 2 aromatic rings. The van der Waals surface area contributed by atoms with Crippen molar-refractivity contribution in [1.29, 1.82) is 0 Å². The summed E-state index contributed by atoms with van der Waals surface area (Å²) in [5.74, 6) is -0.168. The number of hydrogen-bond acceptors (Lipinski definition) is 2. The normalized spacial score (nSPS) is 18.8. The first-order chi connectivity index (χ1) is 9.72. The van der Waals surface area contributed by atoms with Crippen LogP contribution in [0, 0.1) is 5.82 Å². The first-order valence-corrected chi connectivity index (χ1v) is 7.84. The Morgan fingerprint density at radius 1 is 1.25 bits per heavy atom. The summed E-state index contributed by atoms with van der Waals surface area (Å²) in [6.07, 6.45) is 1.11. The van der Waals surface area contributed by atoms with E-state index < -0.39 is 0 Å². The molecule has 1 aliphatic heterocycles. The number of halogens is 1. The van der Waals surface area contributed by atoms with Crippen molar-refractivity contribution in [3.8, 4) is 0 Å². The van der Waals surface area contributed by atoms with Crippen molar-refractivity contribution in [3.05, 3.63) is 65.5 Å². The van der Waals surface area contributed by atoms with Gasteiger partial charge in [0.15, 0.2) is 0 Å². The van der Waals surface area contributed by atoms with Crippen LogP contribution in [0.4, 0.5) is 4.39 Å². The van der Waals surface area contributed by atoms with Crippen LogP contribution in [0.15, 0.2) is 53.4 Å². The molecule has 0 aromatic heterocycles. The minimum Gasteiger partial charge on any atom is -0.309 e. The fourth-order valence-electron chi connectivity index (χ4n) is 2.57. The molecule has 2 atom stereocenters. The average molecular weight is 287 g/mol. The van der Waals surface area contributed by atoms with Gasteiger partial charge in [-0.3, -0.25) is 0 Å². The van der Waals surface area contributed by atoms with Crippen molar-refractivity contribution in [3.63, 3.8) is 0 Å². The second-order valence-corrected chi connectivity index (χ2v) is 6.58. The van der Waals surface area contributed by atoms with Crippen LogP contribution in [0.25, 0.3) is 0 Å². The molecule has 0 bridgehead atoms. The molecule has 1 nitrogen and oxygen atoms in total. The Bertz CT molecular complexity index is 574. The quantitative estimate of drug-likeness (QED) is 0.904. The zero-order chi connectivity index (χ0) is 13.9. The Morgan fingerprint density at radius 3 is 2.90 bits per heavy atom. The van der Waals surface area contributed by atoms with Gasteiger partial charge in [0.25, 0.3) is 0 Å². The second kappa shape index (κ2) is 5.98. The molecule has 20 heavy (non-hydrogen) atoms. The van der Waals surface area contributed by atoms with Crippen LogP contribution < -0.4 is 5.32 Å². The predicted molar refractivity (Wildman–Crippen MR) is 82.6 cm³/mol. The Balaban J connectivity index is 1.56. The largest absolute Gasteiger partial charge is 0.309 e. The van der Waals surface area contributed by atoms with Crippen molar-refractivity contribution in [1.82, 2.24) is 5.32 Å². The molecule has 2 aromatic carbocycles. The topological polar surface area (TPSA) is 12.0 Å². The van der Waals surface area contributed by atoms with E-state index in [9.17, 15) is 4.39 Å². The second-order valence-electron chi connectivity index (χ2n) is 5.24. The summed E-state index contributed by atoms with van der Waals surface area (Å²) in [5.41, 5.74) is 2.45. The lowest BCUT2D eigenvalue weighted by atomic mass is 10.1. The van der Waals surface area contributed by atoms with Gasteiger partial charge in [-0.25, -0.2) is 4.39 Å². The van der Waals surface area contributed by atoms with Gasteiger partial charge in [-0.15, -0.1) is 11.8 Å². The number of rotatable bonds is 4. The van der Waals surface area contributed by atoms with Gasteiger partial charge < -0.3 is 5.32 Å². The number of fused-ring (bicyclic) bond motifs is 1. The highest BCUT2D eigenvalue weighted by molar-refractivity contribution is 8.00. The van der Waals surface area contributed by atoms with E-state index >= 15 is 0 Å². The molecule has 1 unspecified atom stereocenters. The van der Waals surface area contributed by atoms with E-state index in [2.05, 4.69) is 36.5 Å². The summed E-state index contributed by atoms with van der Waals surface area (Å²) in [7, 11) is 0. The molecular weight excluding hydrogens is 269 g/mol. The standard InChI is InChI=1S/C17H18FNS/c1-12(13-6-4-7-15(18)9-13)19-11-16-10-14-5-2-3-8-17(14)20-16/h2-9,12,16,19H,10-11H2,1H3/t12-,16?/m1/s1. The minimum atomic E-state index is -0.168. The Kier molecular flexibility index (Phi) is 4.08. The van der Waals surface area contributed by atoms with Crippen molar-refractivity contribution < 1.29 is 4.39 Å². The van der Waals surface area contributed by atoms with Crippen LogP contribution in [0.2, 0.25) is 0 Å². The van der Waals surface area contributed by atoms with Crippen molar-refractivity contribution in [2.45, 2.75) is 29.5 Å². The van der Waals surface area contributed by atoms with E-state index in [1.54, 1.807) is 12.1 Å². The lowest BCUT2D eigenvalue weighted by Gasteiger charge is -2.17. The third-order valence-corrected chi connectivity index (χ3v) is 5.03. The highest BCUT2D eigenvalue weighted by atomic mass is 32.2. The van der Waals surface area contributed by atoms with Gasteiger partial charge in [0.1, 0.15) is 5.82 Å². The summed E-state index contributed by atoms with van der Waals surface area (Å²) < 4.78 is 13.2. The van der Waals surface area contributed by atoms with E-state index in [-0.39, 0.29) is 11.9 Å². The predicted octanol–water partition coefficient (Wildman–Crippen LogP) is 4.19. The van der Waals surface area contributed by atoms with Gasteiger partial charge in [0.2, 0.25) is 0 Å². The van der Waals surface area contributed by atoms with Gasteiger partial charge >= 0.3 is 0 Å². The van der Waals surface area contributed by atoms with E-state index in [0.29, 0.717) is 5.25 Å². The molecule has 0 fully saturated rings. The highest BCUT2D eigenvalue weighted by Crippen LogP contribution is 2.36. The van der Waals surface area contributed by atoms with Crippen LogP contribution in [-0.4, -0.2) is 11.8 Å². The summed E-state index contributed by atoms with van der Waals surface area (Å²) in [4.78, 5) is 1.40. The maximum atomic E-state index is 13.2. The van der Waals surface area contributed by atoms with Crippen LogP contribution in [-0.2, 0) is 6.42 Å². The van der Waals surface area contributed by atoms with Crippen LogP contribution in [0.5, 0.6) is 0 Å². The molecule has 3 heteroatoms. The van der Waals surface area contributed by atoms with Crippen LogP contribution in [0.3, 0.4) is 0 Å². The van der Waals surface area contributed by atoms with Gasteiger partial charge in [-0.05, 0) is 42.7 Å². The van der Waals surface area contributed by atoms with E-state index in [0.717, 1.165) is 18.5 Å². The monoisotopic (exact) mass is 287 g/mol. The molecule has 0 saturated heterocycles. The summed E-state index contributed by atoms with van der Waals surface area (Å²) in [6, 6.07) is 15.6. The first-order valence-electron chi connectivity index (χ1n) is 6.96. The molecule has 3 rings (SSSR count). The molecule has 0 aliphatic carbocycles. The molecular formula is C17H18FNS. The Hall–Kier alpha value is -1.32. The minimum absolute atomic E-state index is 0.168. The fraction of sp³-hybridized carbons (Fsp3) is 0.294. The molecule has 0 spiro atoms. The third kappa shape index (κ3) is 3.05. The molecule has 1 heterocycles. The SMILES string of the molecule is C[C@@H](NCC1Cc2ccccc2S1)c1cccc(F)c1. The van der Waals surface area contributed by atoms with Crippen LogP contribution in [0.1, 0.15) is 24.1 Å². The van der Waals surface area contributed by atoms with Gasteiger partial charge in [0, 0.05) is 22.7 Å². The maximum absolute atomic E-state index is 13.2. The van der Waals surface area contributed by atoms with Gasteiger partial charge in [-0.1, -0.05) is 30.3 Å². The lowest BCUT2D eigenvalue weighted by Crippen LogP contribution is -2.27. The Labute approximate surface area is 123 Å². The smallest absolute Gasteiger partial charge is 0.123 e. The summed E-state index contributed by atoms with van der Waals surface area (Å²) in [5, 5.41) is 4.09. The Morgan fingerprint density at radius 2 is 2.10 bits per heavy atom. The molecule has 1 aliphatic rings. The molecule has 0 amide bonds. The van der Waals surface area contributed by atoms with E-state index in [1.165, 1.54) is 16.5 Å². The number of benzene rings is 2. The number of nitrogens with one attached hydrogen (secondary N) is 1. The lowest BCUT2D eigenvalue weighted by molar-refractivity contribution is 0.559. The summed E-state index contributed by atoms with van der Waals surface area (Å²) >= 11 is 1.94. The molecule has 1 N–H and O–H groups in total. The third-order valence-electron chi connectivity index (χ3n) is 3.71. The van der Waals surface area contributed by atoms with E-state index in [4.69, 9.17) is 0 Å². The zero-order valence-electron chi connectivity index (χ0n) is 11.5. The maximum Gasteiger partial charge on any atom is 0.123 e. The van der Waals surface area contributed by atoms with Crippen molar-refractivity contribution >= 4 is 11.8 Å². The number of hydrogen-bond donors (Lipinski definition) is 1. The number of thioether (sulfide) groups is 1. The van der Waals surface area contributed by atoms with E-state index in [1.807, 2.05) is 17.8 Å². The summed E-state index contributed by atoms with van der Waals surface area (Å²) in [6.45, 7) is 3.03. The van der Waals surface area contributed by atoms with Crippen molar-refractivity contribution in [2.75, 3.05) is 6.54 Å². The van der Waals surface area contributed by atoms with Gasteiger partial charge in [0.05, 0.1) is 0 Å².